The molecule has 30 heavy (non-hydrogen) atoms. The van der Waals surface area contributed by atoms with Gasteiger partial charge in [-0.3, -0.25) is 14.1 Å². The summed E-state index contributed by atoms with van der Waals surface area (Å²) in [7, 11) is 0. The summed E-state index contributed by atoms with van der Waals surface area (Å²) in [5, 5.41) is 14.3. The number of nitrogens with zero attached hydrogens (tertiary/aromatic N) is 6. The largest absolute Gasteiger partial charge is 0.328 e. The van der Waals surface area contributed by atoms with E-state index in [-0.39, 0.29) is 11.7 Å². The van der Waals surface area contributed by atoms with Gasteiger partial charge in [0, 0.05) is 35.9 Å². The Kier molecular flexibility index (Phi) is 5.56. The maximum absolute atomic E-state index is 12.9. The van der Waals surface area contributed by atoms with Crippen molar-refractivity contribution < 1.29 is 0 Å². The number of aryl methyl sites for hydroxylation is 1. The number of H-pyrrole nitrogens is 1. The van der Waals surface area contributed by atoms with Crippen molar-refractivity contribution >= 4 is 0 Å². The Hall–Kier alpha value is -3.55. The molecular formula is C22H25N7O. The van der Waals surface area contributed by atoms with E-state index in [2.05, 4.69) is 56.8 Å². The number of nitrogens with one attached hydrogen (secondary N) is 1. The van der Waals surface area contributed by atoms with Gasteiger partial charge in [0.2, 0.25) is 5.82 Å². The number of aromatic nitrogens is 7. The topological polar surface area (TPSA) is 94.3 Å². The molecule has 4 aromatic rings. The number of tetrazole rings is 1. The molecule has 8 nitrogen and oxygen atoms in total. The Bertz CT molecular complexity index is 1170. The van der Waals surface area contributed by atoms with E-state index in [4.69, 9.17) is 0 Å². The Morgan fingerprint density at radius 3 is 2.57 bits per heavy atom. The van der Waals surface area contributed by atoms with Crippen molar-refractivity contribution in [3.63, 3.8) is 0 Å². The molecule has 154 valence electrons. The second-order valence-corrected chi connectivity index (χ2v) is 7.59. The zero-order valence-electron chi connectivity index (χ0n) is 17.4. The van der Waals surface area contributed by atoms with Crippen molar-refractivity contribution in [1.29, 1.82) is 0 Å². The van der Waals surface area contributed by atoms with Gasteiger partial charge in [0.1, 0.15) is 0 Å². The van der Waals surface area contributed by atoms with E-state index >= 15 is 0 Å². The maximum atomic E-state index is 12.9. The van der Waals surface area contributed by atoms with Gasteiger partial charge in [0.05, 0.1) is 6.54 Å². The number of benzene rings is 1. The van der Waals surface area contributed by atoms with Gasteiger partial charge in [-0.15, -0.1) is 10.2 Å². The summed E-state index contributed by atoms with van der Waals surface area (Å²) < 4.78 is 3.70. The van der Waals surface area contributed by atoms with Gasteiger partial charge in [0.25, 0.3) is 0 Å². The molecule has 0 atom stereocenters. The molecule has 8 heteroatoms. The molecule has 1 N–H and O–H groups in total. The summed E-state index contributed by atoms with van der Waals surface area (Å²) in [5.41, 5.74) is 5.03. The number of aromatic amines is 1. The van der Waals surface area contributed by atoms with E-state index in [9.17, 15) is 4.79 Å². The first-order valence-corrected chi connectivity index (χ1v) is 10.2. The average molecular weight is 403 g/mol. The lowest BCUT2D eigenvalue weighted by atomic mass is 10.00. The fourth-order valence-electron chi connectivity index (χ4n) is 3.62. The molecule has 3 aromatic heterocycles. The third kappa shape index (κ3) is 3.80. The van der Waals surface area contributed by atoms with Crippen LogP contribution < -0.4 is 5.69 Å². The van der Waals surface area contributed by atoms with Crippen LogP contribution in [0.15, 0.2) is 53.7 Å². The zero-order valence-corrected chi connectivity index (χ0v) is 17.4. The van der Waals surface area contributed by atoms with E-state index in [1.165, 1.54) is 0 Å². The van der Waals surface area contributed by atoms with Crippen LogP contribution in [0.5, 0.6) is 0 Å². The van der Waals surface area contributed by atoms with Crippen LogP contribution in [0.1, 0.15) is 44.5 Å². The average Bonchev–Trinajstić information content (AvgIpc) is 3.39. The summed E-state index contributed by atoms with van der Waals surface area (Å²) in [4.78, 5) is 17.1. The first-order valence-electron chi connectivity index (χ1n) is 10.2. The standard InChI is InChI=1S/C22H25N7O/c1-4-5-18-14-28(15(2)3)22(30)29(18)13-16-6-8-17(9-7-16)19-10-11-23-12-20(19)21-24-26-27-25-21/h6-12,14-15H,4-5,13H2,1-3H3,(H,24,25,26,27). The van der Waals surface area contributed by atoms with Crippen LogP contribution in [0, 0.1) is 0 Å². The van der Waals surface area contributed by atoms with Gasteiger partial charge in [0.15, 0.2) is 0 Å². The predicted molar refractivity (Wildman–Crippen MR) is 115 cm³/mol. The van der Waals surface area contributed by atoms with E-state index in [1.54, 1.807) is 12.4 Å². The van der Waals surface area contributed by atoms with Gasteiger partial charge in [-0.1, -0.05) is 37.6 Å². The SMILES string of the molecule is CCCc1cn(C(C)C)c(=O)n1Cc1ccc(-c2ccncc2-c2nn[nH]n2)cc1. The van der Waals surface area contributed by atoms with Crippen molar-refractivity contribution in [2.45, 2.75) is 46.2 Å². The lowest BCUT2D eigenvalue weighted by Gasteiger charge is -2.10. The van der Waals surface area contributed by atoms with Crippen molar-refractivity contribution in [3.8, 4) is 22.5 Å². The fraction of sp³-hybridized carbons (Fsp3) is 0.318. The molecule has 1 aromatic carbocycles. The van der Waals surface area contributed by atoms with Crippen LogP contribution in [0.4, 0.5) is 0 Å². The van der Waals surface area contributed by atoms with Gasteiger partial charge >= 0.3 is 5.69 Å². The molecule has 0 radical (unpaired) electrons. The summed E-state index contributed by atoms with van der Waals surface area (Å²) in [5.74, 6) is 0.507. The number of pyridine rings is 1. The van der Waals surface area contributed by atoms with Gasteiger partial charge in [-0.2, -0.15) is 5.21 Å². The van der Waals surface area contributed by atoms with Crippen LogP contribution in [0.3, 0.4) is 0 Å². The maximum Gasteiger partial charge on any atom is 0.328 e. The zero-order chi connectivity index (χ0) is 21.1. The van der Waals surface area contributed by atoms with Crippen LogP contribution in [-0.4, -0.2) is 34.7 Å². The summed E-state index contributed by atoms with van der Waals surface area (Å²) in [6.45, 7) is 6.76. The Morgan fingerprint density at radius 1 is 1.10 bits per heavy atom. The minimum absolute atomic E-state index is 0.0473. The molecule has 4 rings (SSSR count). The quantitative estimate of drug-likeness (QED) is 0.510. The Morgan fingerprint density at radius 2 is 1.90 bits per heavy atom. The van der Waals surface area contributed by atoms with Gasteiger partial charge in [-0.05, 0) is 48.2 Å². The first-order chi connectivity index (χ1) is 14.6. The summed E-state index contributed by atoms with van der Waals surface area (Å²) >= 11 is 0. The first kappa shape index (κ1) is 19.8. The van der Waals surface area contributed by atoms with Gasteiger partial charge in [-0.25, -0.2) is 4.79 Å². The minimum atomic E-state index is 0.0473. The van der Waals surface area contributed by atoms with E-state index in [1.807, 2.05) is 35.2 Å². The molecule has 0 aliphatic heterocycles. The molecule has 0 saturated heterocycles. The van der Waals surface area contributed by atoms with E-state index < -0.39 is 0 Å². The highest BCUT2D eigenvalue weighted by atomic mass is 16.1. The van der Waals surface area contributed by atoms with Crippen molar-refractivity contribution in [2.75, 3.05) is 0 Å². The molecule has 0 amide bonds. The molecule has 0 aliphatic rings. The van der Waals surface area contributed by atoms with Crippen LogP contribution in [-0.2, 0) is 13.0 Å². The molecule has 0 saturated carbocycles. The predicted octanol–water partition coefficient (Wildman–Crippen LogP) is 3.47. The van der Waals surface area contributed by atoms with Crippen molar-refractivity contribution in [1.82, 2.24) is 34.7 Å². The Balaban J connectivity index is 1.65. The third-order valence-electron chi connectivity index (χ3n) is 5.16. The number of hydrogen-bond donors (Lipinski definition) is 1. The van der Waals surface area contributed by atoms with E-state index in [0.29, 0.717) is 12.4 Å². The second-order valence-electron chi connectivity index (χ2n) is 7.59. The Labute approximate surface area is 174 Å². The highest BCUT2D eigenvalue weighted by molar-refractivity contribution is 5.79. The summed E-state index contributed by atoms with van der Waals surface area (Å²) in [6, 6.07) is 10.3. The van der Waals surface area contributed by atoms with Gasteiger partial charge < -0.3 is 0 Å². The van der Waals surface area contributed by atoms with Crippen LogP contribution >= 0.6 is 0 Å². The fourth-order valence-corrected chi connectivity index (χ4v) is 3.62. The normalized spacial score (nSPS) is 11.3. The molecule has 3 heterocycles. The number of imidazole rings is 1. The highest BCUT2D eigenvalue weighted by Gasteiger charge is 2.14. The smallest absolute Gasteiger partial charge is 0.296 e. The number of hydrogen-bond acceptors (Lipinski definition) is 5. The van der Waals surface area contributed by atoms with E-state index in [0.717, 1.165) is 40.8 Å². The highest BCUT2D eigenvalue weighted by Crippen LogP contribution is 2.29. The monoisotopic (exact) mass is 403 g/mol. The third-order valence-corrected chi connectivity index (χ3v) is 5.16. The molecule has 0 fully saturated rings. The molecule has 0 aliphatic carbocycles. The number of rotatable bonds is 7. The summed E-state index contributed by atoms with van der Waals surface area (Å²) in [6.07, 6.45) is 7.37. The lowest BCUT2D eigenvalue weighted by Crippen LogP contribution is -2.26. The van der Waals surface area contributed by atoms with Crippen molar-refractivity contribution in [3.05, 3.63) is 70.7 Å². The second kappa shape index (κ2) is 8.44. The molecule has 0 spiro atoms. The van der Waals surface area contributed by atoms with Crippen LogP contribution in [0.2, 0.25) is 0 Å². The molecular weight excluding hydrogens is 378 g/mol. The molecule has 0 bridgehead atoms. The van der Waals surface area contributed by atoms with Crippen molar-refractivity contribution in [2.24, 2.45) is 0 Å². The minimum Gasteiger partial charge on any atom is -0.296 e. The van der Waals surface area contributed by atoms with Crippen LogP contribution in [0.25, 0.3) is 22.5 Å². The molecule has 0 unspecified atom stereocenters. The lowest BCUT2D eigenvalue weighted by molar-refractivity contribution is 0.560.